The second-order valence-electron chi connectivity index (χ2n) is 4.12. The third kappa shape index (κ3) is 1.87. The van der Waals surface area contributed by atoms with Crippen molar-refractivity contribution in [3.05, 3.63) is 29.6 Å². The Bertz CT molecular complexity index is 502. The molecule has 0 aliphatic carbocycles. The number of benzene rings is 1. The van der Waals surface area contributed by atoms with Crippen LogP contribution >= 0.6 is 11.6 Å². The van der Waals surface area contributed by atoms with E-state index in [1.165, 1.54) is 5.56 Å². The van der Waals surface area contributed by atoms with E-state index in [-0.39, 0.29) is 0 Å². The second kappa shape index (κ2) is 4.34. The summed E-state index contributed by atoms with van der Waals surface area (Å²) in [6.07, 6.45) is 0.785. The number of fused-ring (bicyclic) bond motifs is 1. The molecule has 0 aliphatic heterocycles. The molecule has 86 valence electrons. The highest BCUT2D eigenvalue weighted by Crippen LogP contribution is 2.18. The van der Waals surface area contributed by atoms with Gasteiger partial charge in [0.2, 0.25) is 0 Å². The van der Waals surface area contributed by atoms with Crippen LogP contribution in [0.4, 0.5) is 0 Å². The van der Waals surface area contributed by atoms with Gasteiger partial charge in [0.05, 0.1) is 11.0 Å². The molecule has 0 spiro atoms. The van der Waals surface area contributed by atoms with Crippen LogP contribution in [0.1, 0.15) is 11.4 Å². The van der Waals surface area contributed by atoms with E-state index >= 15 is 0 Å². The van der Waals surface area contributed by atoms with Crippen LogP contribution in [0.3, 0.4) is 0 Å². The van der Waals surface area contributed by atoms with E-state index in [1.807, 2.05) is 19.1 Å². The average Bonchev–Trinajstić information content (AvgIpc) is 2.55. The molecule has 0 saturated carbocycles. The van der Waals surface area contributed by atoms with Crippen molar-refractivity contribution < 1.29 is 0 Å². The molecule has 0 aliphatic rings. The van der Waals surface area contributed by atoms with E-state index in [2.05, 4.69) is 34.8 Å². The Hall–Kier alpha value is -1.22. The fourth-order valence-electron chi connectivity index (χ4n) is 1.92. The molecule has 1 heterocycles. The fourth-order valence-corrected chi connectivity index (χ4v) is 2.09. The zero-order chi connectivity index (χ0) is 11.7. The number of alkyl halides is 1. The maximum absolute atomic E-state index is 5.80. The van der Waals surface area contributed by atoms with Crippen molar-refractivity contribution >= 4 is 22.6 Å². The van der Waals surface area contributed by atoms with Crippen molar-refractivity contribution in [3.8, 4) is 0 Å². The first kappa shape index (κ1) is 11.3. The van der Waals surface area contributed by atoms with E-state index in [9.17, 15) is 0 Å². The van der Waals surface area contributed by atoms with Crippen LogP contribution in [0, 0.1) is 6.92 Å². The van der Waals surface area contributed by atoms with Gasteiger partial charge in [-0.15, -0.1) is 11.6 Å². The molecule has 4 heteroatoms. The number of nitrogens with zero attached hydrogens (tertiary/aromatic N) is 3. The first-order valence-corrected chi connectivity index (χ1v) is 5.88. The lowest BCUT2D eigenvalue weighted by Crippen LogP contribution is -2.26. The molecular formula is C12H16ClN3. The Morgan fingerprint density at radius 2 is 2.12 bits per heavy atom. The zero-order valence-corrected chi connectivity index (χ0v) is 10.6. The predicted molar refractivity (Wildman–Crippen MR) is 69.0 cm³/mol. The molecule has 0 radical (unpaired) electrons. The quantitative estimate of drug-likeness (QED) is 0.764. The second-order valence-corrected chi connectivity index (χ2v) is 4.50. The Morgan fingerprint density at radius 3 is 2.75 bits per heavy atom. The van der Waals surface area contributed by atoms with E-state index in [4.69, 9.17) is 11.6 Å². The molecule has 2 aromatic rings. The van der Waals surface area contributed by atoms with Gasteiger partial charge < -0.3 is 5.01 Å². The molecule has 0 unspecified atom stereocenters. The van der Waals surface area contributed by atoms with Gasteiger partial charge in [-0.1, -0.05) is 6.07 Å². The summed E-state index contributed by atoms with van der Waals surface area (Å²) in [6, 6.07) is 6.32. The molecule has 0 atom stereocenters. The summed E-state index contributed by atoms with van der Waals surface area (Å²) in [5.74, 6) is 1.61. The molecular weight excluding hydrogens is 222 g/mol. The minimum absolute atomic E-state index is 0.593. The van der Waals surface area contributed by atoms with Gasteiger partial charge in [0, 0.05) is 26.4 Å². The maximum atomic E-state index is 5.80. The highest BCUT2D eigenvalue weighted by atomic mass is 35.5. The van der Waals surface area contributed by atoms with E-state index in [0.29, 0.717) is 5.88 Å². The van der Waals surface area contributed by atoms with Crippen molar-refractivity contribution in [2.45, 2.75) is 13.3 Å². The number of hydrogen-bond acceptors (Lipinski definition) is 2. The van der Waals surface area contributed by atoms with Crippen LogP contribution in [0.25, 0.3) is 11.0 Å². The van der Waals surface area contributed by atoms with Gasteiger partial charge in [-0.25, -0.2) is 9.66 Å². The van der Waals surface area contributed by atoms with Crippen molar-refractivity contribution in [1.82, 2.24) is 9.66 Å². The van der Waals surface area contributed by atoms with Crippen molar-refractivity contribution in [2.24, 2.45) is 0 Å². The molecule has 3 nitrogen and oxygen atoms in total. The normalized spacial score (nSPS) is 11.0. The van der Waals surface area contributed by atoms with Gasteiger partial charge in [-0.3, -0.25) is 0 Å². The van der Waals surface area contributed by atoms with Gasteiger partial charge in [-0.2, -0.15) is 0 Å². The first-order chi connectivity index (χ1) is 7.63. The molecule has 0 saturated heterocycles. The number of rotatable bonds is 3. The molecule has 2 rings (SSSR count). The molecule has 0 fully saturated rings. The number of halogens is 1. The molecule has 16 heavy (non-hydrogen) atoms. The number of imidazole rings is 1. The van der Waals surface area contributed by atoms with Gasteiger partial charge in [-0.05, 0) is 24.6 Å². The van der Waals surface area contributed by atoms with Crippen LogP contribution in [-0.4, -0.2) is 29.6 Å². The topological polar surface area (TPSA) is 21.1 Å². The summed E-state index contributed by atoms with van der Waals surface area (Å²) in [6.45, 7) is 2.08. The number of aromatic nitrogens is 2. The first-order valence-electron chi connectivity index (χ1n) is 5.35. The van der Waals surface area contributed by atoms with Gasteiger partial charge >= 0.3 is 0 Å². The summed E-state index contributed by atoms with van der Waals surface area (Å²) < 4.78 is 2.11. The van der Waals surface area contributed by atoms with E-state index < -0.39 is 0 Å². The molecule has 0 amide bonds. The SMILES string of the molecule is Cc1ccc2c(c1)nc(CCCl)n2N(C)C. The standard InChI is InChI=1S/C12H16ClN3/c1-9-4-5-11-10(8-9)14-12(6-7-13)16(11)15(2)3/h4-5,8H,6-7H2,1-3H3. The highest BCUT2D eigenvalue weighted by molar-refractivity contribution is 6.17. The van der Waals surface area contributed by atoms with Crippen LogP contribution in [0.2, 0.25) is 0 Å². The Labute approximate surface area is 101 Å². The number of hydrogen-bond donors (Lipinski definition) is 0. The van der Waals surface area contributed by atoms with Crippen LogP contribution in [0.5, 0.6) is 0 Å². The third-order valence-electron chi connectivity index (χ3n) is 2.57. The van der Waals surface area contributed by atoms with Crippen LogP contribution < -0.4 is 5.01 Å². The smallest absolute Gasteiger partial charge is 0.130 e. The Balaban J connectivity index is 2.65. The molecule has 0 bridgehead atoms. The Morgan fingerprint density at radius 1 is 1.38 bits per heavy atom. The minimum Gasteiger partial charge on any atom is -0.317 e. The monoisotopic (exact) mass is 237 g/mol. The fraction of sp³-hybridized carbons (Fsp3) is 0.417. The van der Waals surface area contributed by atoms with Gasteiger partial charge in [0.1, 0.15) is 5.82 Å². The summed E-state index contributed by atoms with van der Waals surface area (Å²) in [4.78, 5) is 4.62. The summed E-state index contributed by atoms with van der Waals surface area (Å²) in [5, 5.41) is 2.03. The van der Waals surface area contributed by atoms with E-state index in [0.717, 1.165) is 23.3 Å². The van der Waals surface area contributed by atoms with Gasteiger partial charge in [0.15, 0.2) is 0 Å². The average molecular weight is 238 g/mol. The zero-order valence-electron chi connectivity index (χ0n) is 9.87. The van der Waals surface area contributed by atoms with E-state index in [1.54, 1.807) is 0 Å². The van der Waals surface area contributed by atoms with Crippen molar-refractivity contribution in [1.29, 1.82) is 0 Å². The molecule has 1 aromatic carbocycles. The predicted octanol–water partition coefficient (Wildman–Crippen LogP) is 2.32. The third-order valence-corrected chi connectivity index (χ3v) is 2.76. The lowest BCUT2D eigenvalue weighted by molar-refractivity contribution is 0.703. The summed E-state index contributed by atoms with van der Waals surface area (Å²) in [5.41, 5.74) is 3.40. The minimum atomic E-state index is 0.593. The summed E-state index contributed by atoms with van der Waals surface area (Å²) in [7, 11) is 4.03. The lowest BCUT2D eigenvalue weighted by Gasteiger charge is -2.17. The van der Waals surface area contributed by atoms with Crippen LogP contribution in [0.15, 0.2) is 18.2 Å². The lowest BCUT2D eigenvalue weighted by atomic mass is 10.2. The largest absolute Gasteiger partial charge is 0.317 e. The van der Waals surface area contributed by atoms with Crippen LogP contribution in [-0.2, 0) is 6.42 Å². The highest BCUT2D eigenvalue weighted by Gasteiger charge is 2.11. The summed E-state index contributed by atoms with van der Waals surface area (Å²) >= 11 is 5.80. The van der Waals surface area contributed by atoms with Crippen molar-refractivity contribution in [3.63, 3.8) is 0 Å². The molecule has 0 N–H and O–H groups in total. The number of aryl methyl sites for hydroxylation is 2. The molecule has 1 aromatic heterocycles. The maximum Gasteiger partial charge on any atom is 0.130 e. The van der Waals surface area contributed by atoms with Gasteiger partial charge in [0.25, 0.3) is 0 Å². The van der Waals surface area contributed by atoms with Crippen molar-refractivity contribution in [2.75, 3.05) is 25.0 Å². The Kier molecular flexibility index (Phi) is 3.06.